The van der Waals surface area contributed by atoms with Crippen LogP contribution in [0.2, 0.25) is 0 Å². The van der Waals surface area contributed by atoms with E-state index in [4.69, 9.17) is 4.42 Å². The van der Waals surface area contributed by atoms with Gasteiger partial charge < -0.3 is 14.6 Å². The number of nitrogens with zero attached hydrogens (tertiary/aromatic N) is 2. The molecule has 4 rings (SSSR count). The molecule has 0 bridgehead atoms. The van der Waals surface area contributed by atoms with Crippen molar-refractivity contribution in [3.05, 3.63) is 53.9 Å². The Balaban J connectivity index is 1.31. The first-order valence-electron chi connectivity index (χ1n) is 9.68. The number of amides is 1. The van der Waals surface area contributed by atoms with E-state index in [1.807, 2.05) is 37.3 Å². The fourth-order valence-corrected chi connectivity index (χ4v) is 3.63. The average Bonchev–Trinajstić information content (AvgIpc) is 3.07. The molecule has 0 radical (unpaired) electrons. The van der Waals surface area contributed by atoms with Gasteiger partial charge in [0.25, 0.3) is 0 Å². The van der Waals surface area contributed by atoms with Crippen molar-refractivity contribution in [2.24, 2.45) is 0 Å². The lowest BCUT2D eigenvalue weighted by Crippen LogP contribution is -2.29. The fraction of sp³-hybridized carbons (Fsp3) is 0.364. The van der Waals surface area contributed by atoms with E-state index in [0.29, 0.717) is 18.7 Å². The van der Waals surface area contributed by atoms with Gasteiger partial charge in [0, 0.05) is 37.8 Å². The van der Waals surface area contributed by atoms with Gasteiger partial charge in [-0.1, -0.05) is 6.07 Å². The second-order valence-electron chi connectivity index (χ2n) is 7.18. The van der Waals surface area contributed by atoms with Crippen LogP contribution in [-0.4, -0.2) is 24.0 Å². The minimum atomic E-state index is 0.0251. The van der Waals surface area contributed by atoms with E-state index in [9.17, 15) is 4.79 Å². The summed E-state index contributed by atoms with van der Waals surface area (Å²) in [5.74, 6) is 0.685. The topological polar surface area (TPSA) is 58.4 Å². The highest BCUT2D eigenvalue weighted by Crippen LogP contribution is 2.22. The summed E-state index contributed by atoms with van der Waals surface area (Å²) in [6, 6.07) is 14.1. The summed E-state index contributed by atoms with van der Waals surface area (Å²) in [4.78, 5) is 19.0. The molecule has 1 amide bonds. The molecule has 2 heterocycles. The molecule has 2 aromatic carbocycles. The van der Waals surface area contributed by atoms with Crippen molar-refractivity contribution in [1.82, 2.24) is 4.98 Å². The molecular weight excluding hydrogens is 338 g/mol. The number of nitrogens with one attached hydrogen (secondary N) is 1. The van der Waals surface area contributed by atoms with Gasteiger partial charge >= 0.3 is 0 Å². The van der Waals surface area contributed by atoms with Crippen molar-refractivity contribution in [2.75, 3.05) is 23.3 Å². The van der Waals surface area contributed by atoms with E-state index < -0.39 is 0 Å². The van der Waals surface area contributed by atoms with Crippen molar-refractivity contribution in [3.8, 4) is 0 Å². The molecule has 0 spiro atoms. The standard InChI is InChI=1S/C22H25N3O2/c1-16-23-20-15-17(5-11-21(20)27-16)6-12-22(26)24-18-7-9-19(10-8-18)25-13-3-2-4-14-25/h5,7-11,15H,2-4,6,12-14H2,1H3,(H,24,26). The maximum atomic E-state index is 12.3. The third kappa shape index (κ3) is 4.30. The van der Waals surface area contributed by atoms with Crippen molar-refractivity contribution < 1.29 is 9.21 Å². The maximum absolute atomic E-state index is 12.3. The Morgan fingerprint density at radius 1 is 1.11 bits per heavy atom. The second kappa shape index (κ2) is 7.82. The zero-order valence-corrected chi connectivity index (χ0v) is 15.7. The van der Waals surface area contributed by atoms with Crippen LogP contribution < -0.4 is 10.2 Å². The predicted octanol–water partition coefficient (Wildman–Crippen LogP) is 4.70. The number of fused-ring (bicyclic) bond motifs is 1. The summed E-state index contributed by atoms with van der Waals surface area (Å²) in [5.41, 5.74) is 4.81. The highest BCUT2D eigenvalue weighted by atomic mass is 16.3. The van der Waals surface area contributed by atoms with Crippen LogP contribution in [-0.2, 0) is 11.2 Å². The molecule has 0 atom stereocenters. The smallest absolute Gasteiger partial charge is 0.224 e. The lowest BCUT2D eigenvalue weighted by Gasteiger charge is -2.28. The average molecular weight is 363 g/mol. The molecule has 27 heavy (non-hydrogen) atoms. The van der Waals surface area contributed by atoms with E-state index in [0.717, 1.165) is 35.4 Å². The summed E-state index contributed by atoms with van der Waals surface area (Å²) in [6.45, 7) is 4.09. The number of piperidine rings is 1. The zero-order valence-electron chi connectivity index (χ0n) is 15.7. The Labute approximate surface area is 159 Å². The van der Waals surface area contributed by atoms with Gasteiger partial charge in [-0.25, -0.2) is 4.98 Å². The van der Waals surface area contributed by atoms with Crippen LogP contribution in [0.15, 0.2) is 46.9 Å². The molecule has 0 unspecified atom stereocenters. The van der Waals surface area contributed by atoms with Gasteiger partial charge in [0.2, 0.25) is 5.91 Å². The molecule has 1 aromatic heterocycles. The summed E-state index contributed by atoms with van der Waals surface area (Å²) in [7, 11) is 0. The number of aromatic nitrogens is 1. The molecule has 5 heteroatoms. The first-order valence-corrected chi connectivity index (χ1v) is 9.68. The monoisotopic (exact) mass is 363 g/mol. The first kappa shape index (κ1) is 17.6. The number of aryl methyl sites for hydroxylation is 2. The molecule has 140 valence electrons. The van der Waals surface area contributed by atoms with Crippen LogP contribution in [0, 0.1) is 6.92 Å². The van der Waals surface area contributed by atoms with Gasteiger partial charge in [0.1, 0.15) is 5.52 Å². The summed E-state index contributed by atoms with van der Waals surface area (Å²) in [5, 5.41) is 2.99. The van der Waals surface area contributed by atoms with E-state index >= 15 is 0 Å². The molecule has 1 saturated heterocycles. The number of hydrogen-bond donors (Lipinski definition) is 1. The molecule has 3 aromatic rings. The van der Waals surface area contributed by atoms with Crippen LogP contribution in [0.4, 0.5) is 11.4 Å². The van der Waals surface area contributed by atoms with Gasteiger partial charge in [-0.3, -0.25) is 4.79 Å². The van der Waals surface area contributed by atoms with Crippen molar-refractivity contribution in [1.29, 1.82) is 0 Å². The highest BCUT2D eigenvalue weighted by Gasteiger charge is 2.11. The molecule has 1 N–H and O–H groups in total. The number of carbonyl (C=O) groups excluding carboxylic acids is 1. The van der Waals surface area contributed by atoms with Crippen molar-refractivity contribution in [2.45, 2.75) is 39.0 Å². The number of oxazole rings is 1. The number of hydrogen-bond acceptors (Lipinski definition) is 4. The Hall–Kier alpha value is -2.82. The number of benzene rings is 2. The largest absolute Gasteiger partial charge is 0.441 e. The quantitative estimate of drug-likeness (QED) is 0.714. The van der Waals surface area contributed by atoms with Gasteiger partial charge in [0.15, 0.2) is 11.5 Å². The van der Waals surface area contributed by atoms with Crippen LogP contribution >= 0.6 is 0 Å². The lowest BCUT2D eigenvalue weighted by molar-refractivity contribution is -0.116. The zero-order chi connectivity index (χ0) is 18.6. The summed E-state index contributed by atoms with van der Waals surface area (Å²) < 4.78 is 5.49. The molecular formula is C22H25N3O2. The van der Waals surface area contributed by atoms with Gasteiger partial charge in [-0.2, -0.15) is 0 Å². The normalized spacial score (nSPS) is 14.5. The highest BCUT2D eigenvalue weighted by molar-refractivity contribution is 5.91. The van der Waals surface area contributed by atoms with Crippen molar-refractivity contribution >= 4 is 28.4 Å². The molecule has 0 aliphatic carbocycles. The Morgan fingerprint density at radius 2 is 1.89 bits per heavy atom. The lowest BCUT2D eigenvalue weighted by atomic mass is 10.1. The predicted molar refractivity (Wildman–Crippen MR) is 108 cm³/mol. The van der Waals surface area contributed by atoms with Crippen LogP contribution in [0.1, 0.15) is 37.1 Å². The minimum Gasteiger partial charge on any atom is -0.441 e. The number of anilines is 2. The maximum Gasteiger partial charge on any atom is 0.224 e. The van der Waals surface area contributed by atoms with Gasteiger partial charge in [0.05, 0.1) is 0 Å². The Kier molecular flexibility index (Phi) is 5.10. The third-order valence-corrected chi connectivity index (χ3v) is 5.07. The molecule has 0 saturated carbocycles. The van der Waals surface area contributed by atoms with Crippen LogP contribution in [0.3, 0.4) is 0 Å². The van der Waals surface area contributed by atoms with Crippen molar-refractivity contribution in [3.63, 3.8) is 0 Å². The van der Waals surface area contributed by atoms with E-state index in [1.165, 1.54) is 24.9 Å². The minimum absolute atomic E-state index is 0.0251. The third-order valence-electron chi connectivity index (χ3n) is 5.07. The molecule has 1 aliphatic heterocycles. The molecule has 5 nitrogen and oxygen atoms in total. The first-order chi connectivity index (χ1) is 13.2. The second-order valence-corrected chi connectivity index (χ2v) is 7.18. The van der Waals surface area contributed by atoms with Gasteiger partial charge in [-0.05, 0) is 67.6 Å². The van der Waals surface area contributed by atoms with E-state index in [2.05, 4.69) is 27.3 Å². The number of rotatable bonds is 5. The summed E-state index contributed by atoms with van der Waals surface area (Å²) in [6.07, 6.45) is 4.97. The molecule has 1 aliphatic rings. The fourth-order valence-electron chi connectivity index (χ4n) is 3.63. The Bertz CT molecular complexity index is 924. The molecule has 1 fully saturated rings. The van der Waals surface area contributed by atoms with E-state index in [-0.39, 0.29) is 5.91 Å². The van der Waals surface area contributed by atoms with Gasteiger partial charge in [-0.15, -0.1) is 0 Å². The summed E-state index contributed by atoms with van der Waals surface area (Å²) >= 11 is 0. The number of carbonyl (C=O) groups is 1. The van der Waals surface area contributed by atoms with E-state index in [1.54, 1.807) is 0 Å². The Morgan fingerprint density at radius 3 is 2.67 bits per heavy atom. The van der Waals surface area contributed by atoms with Crippen LogP contribution in [0.25, 0.3) is 11.1 Å². The SMILES string of the molecule is Cc1nc2cc(CCC(=O)Nc3ccc(N4CCCCC4)cc3)ccc2o1. The van der Waals surface area contributed by atoms with Crippen LogP contribution in [0.5, 0.6) is 0 Å².